The Hall–Kier alpha value is -0.120. The fraction of sp³-hybridized carbons (Fsp3) is 1.00. The molecule has 0 aromatic carbocycles. The van der Waals surface area contributed by atoms with Crippen LogP contribution in [0.1, 0.15) is 45.4 Å². The van der Waals surface area contributed by atoms with Gasteiger partial charge in [0.15, 0.2) is 0 Å². The largest absolute Gasteiger partial charge is 0.390 e. The number of ether oxygens (including phenoxy) is 1. The molecule has 0 bridgehead atoms. The average Bonchev–Trinajstić information content (AvgIpc) is 2.85. The first-order chi connectivity index (χ1) is 8.74. The Kier molecular flexibility index (Phi) is 3.92. The molecule has 3 rings (SSSR count). The molecule has 2 aliphatic heterocycles. The van der Waals surface area contributed by atoms with Gasteiger partial charge in [0, 0.05) is 12.6 Å². The van der Waals surface area contributed by atoms with Crippen LogP contribution in [0.4, 0.5) is 0 Å². The van der Waals surface area contributed by atoms with Crippen LogP contribution in [0.25, 0.3) is 0 Å². The molecule has 3 heteroatoms. The second kappa shape index (κ2) is 5.48. The lowest BCUT2D eigenvalue weighted by Crippen LogP contribution is -2.52. The van der Waals surface area contributed by atoms with Crippen molar-refractivity contribution in [3.05, 3.63) is 0 Å². The zero-order valence-corrected chi connectivity index (χ0v) is 11.6. The molecule has 1 saturated carbocycles. The third-order valence-electron chi connectivity index (χ3n) is 5.26. The van der Waals surface area contributed by atoms with E-state index in [2.05, 4.69) is 11.8 Å². The van der Waals surface area contributed by atoms with Crippen molar-refractivity contribution in [2.75, 3.05) is 19.7 Å². The van der Waals surface area contributed by atoms with Crippen molar-refractivity contribution in [1.29, 1.82) is 0 Å². The van der Waals surface area contributed by atoms with E-state index in [1.165, 1.54) is 45.1 Å². The topological polar surface area (TPSA) is 32.7 Å². The van der Waals surface area contributed by atoms with Crippen molar-refractivity contribution in [3.8, 4) is 0 Å². The summed E-state index contributed by atoms with van der Waals surface area (Å²) < 4.78 is 5.95. The van der Waals surface area contributed by atoms with Crippen LogP contribution < -0.4 is 0 Å². The van der Waals surface area contributed by atoms with Gasteiger partial charge in [0.05, 0.1) is 18.8 Å². The van der Waals surface area contributed by atoms with Crippen LogP contribution in [0.2, 0.25) is 0 Å². The third-order valence-corrected chi connectivity index (χ3v) is 5.26. The Labute approximate surface area is 110 Å². The van der Waals surface area contributed by atoms with Crippen molar-refractivity contribution in [2.45, 2.75) is 63.7 Å². The first-order valence-corrected chi connectivity index (χ1v) is 7.77. The van der Waals surface area contributed by atoms with E-state index in [0.29, 0.717) is 12.0 Å². The number of nitrogens with zero attached hydrogens (tertiary/aromatic N) is 1. The van der Waals surface area contributed by atoms with Gasteiger partial charge in [-0.1, -0.05) is 19.8 Å². The van der Waals surface area contributed by atoms with Gasteiger partial charge in [-0.15, -0.1) is 0 Å². The molecule has 0 aromatic heterocycles. The standard InChI is InChI=1S/C15H27NO2/c1-11-4-2-5-12(8-11)15(17)14-9-16-7-3-6-13(16)10-18-14/h11-15,17H,2-10H2,1H3. The number of aliphatic hydroxyl groups is 1. The van der Waals surface area contributed by atoms with E-state index in [0.717, 1.165) is 19.1 Å². The van der Waals surface area contributed by atoms with E-state index in [9.17, 15) is 5.11 Å². The molecule has 3 fully saturated rings. The summed E-state index contributed by atoms with van der Waals surface area (Å²) in [5, 5.41) is 10.6. The van der Waals surface area contributed by atoms with Gasteiger partial charge < -0.3 is 9.84 Å². The summed E-state index contributed by atoms with van der Waals surface area (Å²) in [5.41, 5.74) is 0. The van der Waals surface area contributed by atoms with Gasteiger partial charge in [-0.3, -0.25) is 4.90 Å². The Balaban J connectivity index is 1.57. The lowest BCUT2D eigenvalue weighted by atomic mass is 9.78. The molecule has 0 aromatic rings. The zero-order valence-electron chi connectivity index (χ0n) is 11.6. The molecule has 104 valence electrons. The third kappa shape index (κ3) is 2.59. The summed E-state index contributed by atoms with van der Waals surface area (Å²) in [6, 6.07) is 0.638. The van der Waals surface area contributed by atoms with Crippen LogP contribution in [-0.2, 0) is 4.74 Å². The quantitative estimate of drug-likeness (QED) is 0.817. The van der Waals surface area contributed by atoms with E-state index in [-0.39, 0.29) is 12.2 Å². The lowest BCUT2D eigenvalue weighted by Gasteiger charge is -2.41. The van der Waals surface area contributed by atoms with Crippen molar-refractivity contribution in [2.24, 2.45) is 11.8 Å². The normalized spacial score (nSPS) is 43.7. The lowest BCUT2D eigenvalue weighted by molar-refractivity contribution is -0.122. The average molecular weight is 253 g/mol. The Morgan fingerprint density at radius 1 is 1.22 bits per heavy atom. The second-order valence-electron chi connectivity index (χ2n) is 6.69. The molecule has 1 aliphatic carbocycles. The summed E-state index contributed by atoms with van der Waals surface area (Å²) in [5.74, 6) is 1.25. The molecule has 5 atom stereocenters. The maximum atomic E-state index is 10.6. The van der Waals surface area contributed by atoms with Crippen LogP contribution in [-0.4, -0.2) is 48.0 Å². The van der Waals surface area contributed by atoms with E-state index >= 15 is 0 Å². The smallest absolute Gasteiger partial charge is 0.0963 e. The highest BCUT2D eigenvalue weighted by Gasteiger charge is 2.38. The fourth-order valence-electron chi connectivity index (χ4n) is 4.14. The van der Waals surface area contributed by atoms with Crippen LogP contribution in [0.3, 0.4) is 0 Å². The highest BCUT2D eigenvalue weighted by atomic mass is 16.5. The molecule has 3 aliphatic rings. The molecule has 1 N–H and O–H groups in total. The van der Waals surface area contributed by atoms with Crippen LogP contribution in [0.15, 0.2) is 0 Å². The maximum absolute atomic E-state index is 10.6. The second-order valence-corrected chi connectivity index (χ2v) is 6.69. The summed E-state index contributed by atoms with van der Waals surface area (Å²) >= 11 is 0. The van der Waals surface area contributed by atoms with Crippen LogP contribution >= 0.6 is 0 Å². The molecule has 18 heavy (non-hydrogen) atoms. The SMILES string of the molecule is CC1CCCC(C(O)C2CN3CCCC3CO2)C1. The minimum absolute atomic E-state index is 0.0645. The van der Waals surface area contributed by atoms with Crippen molar-refractivity contribution < 1.29 is 9.84 Å². The minimum Gasteiger partial charge on any atom is -0.390 e. The Morgan fingerprint density at radius 3 is 2.94 bits per heavy atom. The van der Waals surface area contributed by atoms with Gasteiger partial charge in [-0.05, 0) is 44.1 Å². The van der Waals surface area contributed by atoms with Gasteiger partial charge in [-0.2, -0.15) is 0 Å². The predicted molar refractivity (Wildman–Crippen MR) is 71.5 cm³/mol. The molecule has 0 amide bonds. The van der Waals surface area contributed by atoms with Crippen LogP contribution in [0, 0.1) is 11.8 Å². The fourth-order valence-corrected chi connectivity index (χ4v) is 4.14. The highest BCUT2D eigenvalue weighted by molar-refractivity contribution is 4.90. The minimum atomic E-state index is -0.241. The molecule has 3 nitrogen and oxygen atoms in total. The highest BCUT2D eigenvalue weighted by Crippen LogP contribution is 2.34. The first-order valence-electron chi connectivity index (χ1n) is 7.77. The number of hydrogen-bond acceptors (Lipinski definition) is 3. The summed E-state index contributed by atoms with van der Waals surface area (Å²) in [6.07, 6.45) is 7.40. The van der Waals surface area contributed by atoms with Gasteiger partial charge in [0.2, 0.25) is 0 Å². The van der Waals surface area contributed by atoms with Gasteiger partial charge in [-0.25, -0.2) is 0 Å². The monoisotopic (exact) mass is 253 g/mol. The predicted octanol–water partition coefficient (Wildman–Crippen LogP) is 2.04. The van der Waals surface area contributed by atoms with Gasteiger partial charge in [0.25, 0.3) is 0 Å². The number of rotatable bonds is 2. The molecule has 2 saturated heterocycles. The van der Waals surface area contributed by atoms with Crippen LogP contribution in [0.5, 0.6) is 0 Å². The van der Waals surface area contributed by atoms with Crippen molar-refractivity contribution in [3.63, 3.8) is 0 Å². The summed E-state index contributed by atoms with van der Waals surface area (Å²) in [7, 11) is 0. The molecular formula is C15H27NO2. The van der Waals surface area contributed by atoms with Gasteiger partial charge >= 0.3 is 0 Å². The number of aliphatic hydroxyl groups excluding tert-OH is 1. The first kappa shape index (κ1) is 12.9. The Bertz CT molecular complexity index is 284. The summed E-state index contributed by atoms with van der Waals surface area (Å²) in [6.45, 7) is 5.32. The Morgan fingerprint density at radius 2 is 2.11 bits per heavy atom. The van der Waals surface area contributed by atoms with Crippen molar-refractivity contribution >= 4 is 0 Å². The van der Waals surface area contributed by atoms with E-state index < -0.39 is 0 Å². The number of fused-ring (bicyclic) bond motifs is 1. The van der Waals surface area contributed by atoms with E-state index in [1.54, 1.807) is 0 Å². The van der Waals surface area contributed by atoms with Gasteiger partial charge in [0.1, 0.15) is 0 Å². The molecule has 2 heterocycles. The molecule has 0 radical (unpaired) electrons. The zero-order chi connectivity index (χ0) is 12.5. The number of hydrogen-bond donors (Lipinski definition) is 1. The van der Waals surface area contributed by atoms with E-state index in [1.807, 2.05) is 0 Å². The molecule has 0 spiro atoms. The van der Waals surface area contributed by atoms with Crippen molar-refractivity contribution in [1.82, 2.24) is 4.90 Å². The molecule has 5 unspecified atom stereocenters. The summed E-state index contributed by atoms with van der Waals surface area (Å²) in [4.78, 5) is 2.53. The molecular weight excluding hydrogens is 226 g/mol. The number of morpholine rings is 1. The maximum Gasteiger partial charge on any atom is 0.0963 e. The van der Waals surface area contributed by atoms with E-state index in [4.69, 9.17) is 4.74 Å².